The highest BCUT2D eigenvalue weighted by Crippen LogP contribution is 2.38. The molecule has 1 aliphatic rings. The van der Waals surface area contributed by atoms with Gasteiger partial charge in [-0.3, -0.25) is 0 Å². The molecule has 0 aromatic heterocycles. The number of carbonyl (C=O) groups is 1. The number of nitrogens with zero attached hydrogens (tertiary/aromatic N) is 1. The third-order valence-electron chi connectivity index (χ3n) is 3.55. The van der Waals surface area contributed by atoms with Crippen molar-refractivity contribution in [2.45, 2.75) is 51.8 Å². The van der Waals surface area contributed by atoms with Gasteiger partial charge in [-0.25, -0.2) is 13.6 Å². The number of ether oxygens (including phenoxy) is 1. The molecule has 0 unspecified atom stereocenters. The minimum Gasteiger partial charge on any atom is -0.441 e. The third kappa shape index (κ3) is 2.76. The summed E-state index contributed by atoms with van der Waals surface area (Å²) >= 11 is 0. The van der Waals surface area contributed by atoms with E-state index in [4.69, 9.17) is 4.74 Å². The van der Waals surface area contributed by atoms with Crippen molar-refractivity contribution in [3.63, 3.8) is 0 Å². The maximum atomic E-state index is 13.3. The Bertz CT molecular complexity index is 508. The number of carbonyl (C=O) groups excluding carboxylic acids is 1. The molecule has 1 fully saturated rings. The van der Waals surface area contributed by atoms with Crippen LogP contribution in [0.3, 0.4) is 0 Å². The first kappa shape index (κ1) is 14.8. The lowest BCUT2D eigenvalue weighted by Gasteiger charge is -2.46. The number of cyclic esters (lactones) is 1. The molecule has 0 radical (unpaired) electrons. The van der Waals surface area contributed by atoms with E-state index in [1.165, 1.54) is 12.1 Å². The quantitative estimate of drug-likeness (QED) is 0.820. The molecule has 0 spiro atoms. The van der Waals surface area contributed by atoms with E-state index in [1.807, 2.05) is 27.7 Å². The molecule has 1 saturated heterocycles. The molecule has 1 amide bonds. The van der Waals surface area contributed by atoms with E-state index in [1.54, 1.807) is 4.90 Å². The number of hydrogen-bond donors (Lipinski definition) is 0. The fraction of sp³-hybridized carbons (Fsp3) is 0.533. The zero-order chi connectivity index (χ0) is 15.1. The summed E-state index contributed by atoms with van der Waals surface area (Å²) in [6.07, 6.45) is -0.594. The molecule has 0 aliphatic carbocycles. The van der Waals surface area contributed by atoms with Gasteiger partial charge in [0.05, 0.1) is 0 Å². The molecule has 110 valence electrons. The maximum absolute atomic E-state index is 13.3. The van der Waals surface area contributed by atoms with E-state index in [-0.39, 0.29) is 6.04 Å². The standard InChI is InChI=1S/C15H19F2NO2/c1-9(2)18-14(19)20-13(8-15(18,3)4)10-5-11(16)7-12(17)6-10/h5-7,9,13H,8H2,1-4H3/t13-/m0/s1. The van der Waals surface area contributed by atoms with Crippen LogP contribution >= 0.6 is 0 Å². The van der Waals surface area contributed by atoms with E-state index in [9.17, 15) is 13.6 Å². The lowest BCUT2D eigenvalue weighted by Crippen LogP contribution is -2.56. The van der Waals surface area contributed by atoms with Gasteiger partial charge in [-0.1, -0.05) is 0 Å². The molecule has 5 heteroatoms. The van der Waals surface area contributed by atoms with Crippen LogP contribution in [0.15, 0.2) is 18.2 Å². The van der Waals surface area contributed by atoms with Crippen LogP contribution in [-0.2, 0) is 4.74 Å². The van der Waals surface area contributed by atoms with Gasteiger partial charge in [0.15, 0.2) is 0 Å². The summed E-state index contributed by atoms with van der Waals surface area (Å²) < 4.78 is 31.9. The van der Waals surface area contributed by atoms with Gasteiger partial charge in [0.2, 0.25) is 0 Å². The van der Waals surface area contributed by atoms with Crippen LogP contribution in [0.2, 0.25) is 0 Å². The fourth-order valence-electron chi connectivity index (χ4n) is 2.88. The summed E-state index contributed by atoms with van der Waals surface area (Å²) in [6, 6.07) is 3.23. The number of halogens is 2. The Labute approximate surface area is 117 Å². The average molecular weight is 283 g/mol. The van der Waals surface area contributed by atoms with E-state index < -0.39 is 29.4 Å². The first-order valence-electron chi connectivity index (χ1n) is 6.66. The molecule has 1 aliphatic heterocycles. The molecule has 3 nitrogen and oxygen atoms in total. The Hall–Kier alpha value is -1.65. The summed E-state index contributed by atoms with van der Waals surface area (Å²) in [5.41, 5.74) is -0.0796. The summed E-state index contributed by atoms with van der Waals surface area (Å²) in [5.74, 6) is -1.33. The lowest BCUT2D eigenvalue weighted by molar-refractivity contribution is -0.0444. The highest BCUT2D eigenvalue weighted by molar-refractivity contribution is 5.70. The molecule has 0 saturated carbocycles. The van der Waals surface area contributed by atoms with Gasteiger partial charge in [-0.15, -0.1) is 0 Å². The van der Waals surface area contributed by atoms with Gasteiger partial charge in [-0.2, -0.15) is 0 Å². The van der Waals surface area contributed by atoms with Gasteiger partial charge >= 0.3 is 6.09 Å². The SMILES string of the molecule is CC(C)N1C(=O)O[C@H](c2cc(F)cc(F)c2)CC1(C)C. The largest absolute Gasteiger partial charge is 0.441 e. The van der Waals surface area contributed by atoms with Crippen LogP contribution in [0, 0.1) is 11.6 Å². The zero-order valence-corrected chi connectivity index (χ0v) is 12.1. The molecular formula is C15H19F2NO2. The Morgan fingerprint density at radius 3 is 2.25 bits per heavy atom. The van der Waals surface area contributed by atoms with E-state index in [0.29, 0.717) is 12.0 Å². The van der Waals surface area contributed by atoms with Gasteiger partial charge in [-0.05, 0) is 45.4 Å². The van der Waals surface area contributed by atoms with Crippen LogP contribution in [0.5, 0.6) is 0 Å². The molecule has 1 atom stereocenters. The molecule has 20 heavy (non-hydrogen) atoms. The second-order valence-electron chi connectivity index (χ2n) is 6.06. The minimum absolute atomic E-state index is 0.00250. The third-order valence-corrected chi connectivity index (χ3v) is 3.55. The van der Waals surface area contributed by atoms with E-state index >= 15 is 0 Å². The molecule has 2 rings (SSSR count). The van der Waals surface area contributed by atoms with Crippen LogP contribution in [0.1, 0.15) is 45.8 Å². The van der Waals surface area contributed by atoms with Crippen molar-refractivity contribution in [3.8, 4) is 0 Å². The molecule has 1 aromatic carbocycles. The summed E-state index contributed by atoms with van der Waals surface area (Å²) in [5, 5.41) is 0. The number of benzene rings is 1. The summed E-state index contributed by atoms with van der Waals surface area (Å²) in [7, 11) is 0. The molecular weight excluding hydrogens is 264 g/mol. The van der Waals surface area contributed by atoms with Crippen molar-refractivity contribution in [1.29, 1.82) is 0 Å². The predicted octanol–water partition coefficient (Wildman–Crippen LogP) is 4.04. The Kier molecular flexibility index (Phi) is 3.71. The van der Waals surface area contributed by atoms with Crippen molar-refractivity contribution in [2.24, 2.45) is 0 Å². The van der Waals surface area contributed by atoms with Crippen LogP contribution in [-0.4, -0.2) is 22.6 Å². The zero-order valence-electron chi connectivity index (χ0n) is 12.1. The number of rotatable bonds is 2. The second kappa shape index (κ2) is 5.04. The average Bonchev–Trinajstić information content (AvgIpc) is 2.24. The molecule has 1 heterocycles. The maximum Gasteiger partial charge on any atom is 0.411 e. The van der Waals surface area contributed by atoms with Crippen LogP contribution in [0.4, 0.5) is 13.6 Å². The first-order valence-corrected chi connectivity index (χ1v) is 6.66. The van der Waals surface area contributed by atoms with Crippen molar-refractivity contribution in [3.05, 3.63) is 35.4 Å². The van der Waals surface area contributed by atoms with Gasteiger partial charge in [0, 0.05) is 24.1 Å². The predicted molar refractivity (Wildman–Crippen MR) is 71.3 cm³/mol. The highest BCUT2D eigenvalue weighted by Gasteiger charge is 2.42. The first-order chi connectivity index (χ1) is 9.20. The van der Waals surface area contributed by atoms with Crippen molar-refractivity contribution < 1.29 is 18.3 Å². The second-order valence-corrected chi connectivity index (χ2v) is 6.06. The van der Waals surface area contributed by atoms with Gasteiger partial charge in [0.25, 0.3) is 0 Å². The summed E-state index contributed by atoms with van der Waals surface area (Å²) in [4.78, 5) is 13.8. The van der Waals surface area contributed by atoms with Crippen molar-refractivity contribution >= 4 is 6.09 Å². The minimum atomic E-state index is -0.667. The Morgan fingerprint density at radius 2 is 1.80 bits per heavy atom. The molecule has 0 bridgehead atoms. The fourth-order valence-corrected chi connectivity index (χ4v) is 2.88. The van der Waals surface area contributed by atoms with Crippen LogP contribution < -0.4 is 0 Å². The molecule has 1 aromatic rings. The smallest absolute Gasteiger partial charge is 0.411 e. The monoisotopic (exact) mass is 283 g/mol. The normalized spacial score (nSPS) is 22.1. The van der Waals surface area contributed by atoms with Crippen molar-refractivity contribution in [2.75, 3.05) is 0 Å². The topological polar surface area (TPSA) is 29.5 Å². The van der Waals surface area contributed by atoms with E-state index in [0.717, 1.165) is 6.07 Å². The van der Waals surface area contributed by atoms with Gasteiger partial charge < -0.3 is 9.64 Å². The van der Waals surface area contributed by atoms with Gasteiger partial charge in [0.1, 0.15) is 17.7 Å². The summed E-state index contributed by atoms with van der Waals surface area (Å²) in [6.45, 7) is 7.67. The van der Waals surface area contributed by atoms with Crippen molar-refractivity contribution in [1.82, 2.24) is 4.90 Å². The van der Waals surface area contributed by atoms with Crippen LogP contribution in [0.25, 0.3) is 0 Å². The number of hydrogen-bond acceptors (Lipinski definition) is 2. The Balaban J connectivity index is 2.31. The Morgan fingerprint density at radius 1 is 1.25 bits per heavy atom. The van der Waals surface area contributed by atoms with E-state index in [2.05, 4.69) is 0 Å². The lowest BCUT2D eigenvalue weighted by atomic mass is 9.89. The highest BCUT2D eigenvalue weighted by atomic mass is 19.1. The molecule has 0 N–H and O–H groups in total. The number of amides is 1.